The van der Waals surface area contributed by atoms with Crippen molar-refractivity contribution in [1.82, 2.24) is 0 Å². The number of carbonyl (C=O) groups is 4. The number of esters is 4. The Balaban J connectivity index is 5.20. The predicted molar refractivity (Wildman–Crippen MR) is 428 cm³/mol. The first-order chi connectivity index (χ1) is 50.4. The molecule has 0 aliphatic heterocycles. The fraction of sp³-hybridized carbons (Fsp3) is 0.953. The number of aliphatic hydroxyl groups is 1. The summed E-state index contributed by atoms with van der Waals surface area (Å²) in [5.41, 5.74) is 0. The van der Waals surface area contributed by atoms with E-state index in [0.29, 0.717) is 31.6 Å². The van der Waals surface area contributed by atoms with Gasteiger partial charge in [0.25, 0.3) is 0 Å². The van der Waals surface area contributed by atoms with E-state index in [4.69, 9.17) is 37.0 Å². The van der Waals surface area contributed by atoms with Crippen molar-refractivity contribution in [2.75, 3.05) is 39.6 Å². The molecule has 0 saturated heterocycles. The number of hydrogen-bond donors (Lipinski definition) is 3. The monoisotopic (exact) mass is 1520 g/mol. The molecule has 0 radical (unpaired) electrons. The smallest absolute Gasteiger partial charge is 0.462 e. The molecule has 0 spiro atoms. The summed E-state index contributed by atoms with van der Waals surface area (Å²) in [5, 5.41) is 10.7. The first-order valence-electron chi connectivity index (χ1n) is 44.0. The van der Waals surface area contributed by atoms with Gasteiger partial charge in [-0.3, -0.25) is 37.3 Å². The number of carbonyl (C=O) groups excluding carboxylic acids is 4. The summed E-state index contributed by atoms with van der Waals surface area (Å²) in [6, 6.07) is 0. The average Bonchev–Trinajstić information content (AvgIpc) is 0.916. The Labute approximate surface area is 638 Å². The molecule has 0 heterocycles. The maximum atomic E-state index is 13.1. The molecule has 0 fully saturated rings. The Hall–Kier alpha value is -1.94. The van der Waals surface area contributed by atoms with Gasteiger partial charge in [-0.25, -0.2) is 9.13 Å². The van der Waals surface area contributed by atoms with Crippen LogP contribution < -0.4 is 0 Å². The third kappa shape index (κ3) is 76.8. The maximum absolute atomic E-state index is 13.1. The minimum absolute atomic E-state index is 0.107. The van der Waals surface area contributed by atoms with Crippen LogP contribution in [0.4, 0.5) is 0 Å². The SMILES string of the molecule is CCCCCCCCCCCCCCCCCCCCCCCCC(=O)O[C@H](COC(=O)CCCCCCCCCCCCCCCCC(C)CC)COP(=O)(O)OC[C@@H](O)COP(=O)(O)OC[C@@H](COC(=O)CCCCCCCCC(C)C)OC(=O)CCCCCCCCCCCCCCCCC. The summed E-state index contributed by atoms with van der Waals surface area (Å²) in [4.78, 5) is 73.1. The first-order valence-corrected chi connectivity index (χ1v) is 47.0. The molecule has 3 N–H and O–H groups in total. The van der Waals surface area contributed by atoms with Crippen LogP contribution in [0.2, 0.25) is 0 Å². The van der Waals surface area contributed by atoms with Crippen LogP contribution in [0.5, 0.6) is 0 Å². The van der Waals surface area contributed by atoms with Crippen molar-refractivity contribution in [1.29, 1.82) is 0 Å². The van der Waals surface area contributed by atoms with Gasteiger partial charge in [-0.1, -0.05) is 401 Å². The summed E-state index contributed by atoms with van der Waals surface area (Å²) in [7, 11) is -9.92. The van der Waals surface area contributed by atoms with E-state index in [1.165, 1.54) is 263 Å². The Bertz CT molecular complexity index is 2000. The van der Waals surface area contributed by atoms with Crippen molar-refractivity contribution in [2.45, 2.75) is 471 Å². The zero-order valence-electron chi connectivity index (χ0n) is 68.3. The van der Waals surface area contributed by atoms with Crippen LogP contribution in [0.15, 0.2) is 0 Å². The quantitative estimate of drug-likeness (QED) is 0.0222. The highest BCUT2D eigenvalue weighted by Gasteiger charge is 2.30. The molecule has 0 aliphatic rings. The highest BCUT2D eigenvalue weighted by molar-refractivity contribution is 7.47. The van der Waals surface area contributed by atoms with Crippen molar-refractivity contribution in [3.63, 3.8) is 0 Å². The van der Waals surface area contributed by atoms with E-state index >= 15 is 0 Å². The first kappa shape index (κ1) is 102. The molecule has 0 rings (SSSR count). The zero-order valence-corrected chi connectivity index (χ0v) is 70.1. The van der Waals surface area contributed by atoms with Crippen molar-refractivity contribution < 1.29 is 80.2 Å². The minimum atomic E-state index is -4.96. The number of unbranched alkanes of at least 4 members (excludes halogenated alkanes) is 53. The number of phosphoric ester groups is 2. The lowest BCUT2D eigenvalue weighted by Crippen LogP contribution is -2.30. The molecule has 0 saturated carbocycles. The van der Waals surface area contributed by atoms with Crippen LogP contribution in [0.25, 0.3) is 0 Å². The van der Waals surface area contributed by atoms with Gasteiger partial charge in [-0.15, -0.1) is 0 Å². The topological polar surface area (TPSA) is 237 Å². The zero-order chi connectivity index (χ0) is 76.4. The number of hydrogen-bond acceptors (Lipinski definition) is 15. The van der Waals surface area contributed by atoms with E-state index in [-0.39, 0.29) is 25.7 Å². The van der Waals surface area contributed by atoms with Gasteiger partial charge >= 0.3 is 39.5 Å². The molecule has 17 nitrogen and oxygen atoms in total. The number of phosphoric acid groups is 2. The molecule has 0 aromatic carbocycles. The fourth-order valence-electron chi connectivity index (χ4n) is 13.2. The van der Waals surface area contributed by atoms with Crippen molar-refractivity contribution in [2.24, 2.45) is 11.8 Å². The van der Waals surface area contributed by atoms with E-state index < -0.39 is 97.5 Å². The van der Waals surface area contributed by atoms with Gasteiger partial charge in [0.1, 0.15) is 19.3 Å². The van der Waals surface area contributed by atoms with Gasteiger partial charge in [0.05, 0.1) is 26.4 Å². The normalized spacial score (nSPS) is 14.1. The Morgan fingerprint density at radius 2 is 0.490 bits per heavy atom. The molecule has 618 valence electrons. The van der Waals surface area contributed by atoms with Crippen LogP contribution >= 0.6 is 15.6 Å². The van der Waals surface area contributed by atoms with E-state index in [2.05, 4.69) is 41.5 Å². The van der Waals surface area contributed by atoms with E-state index in [0.717, 1.165) is 102 Å². The molecule has 6 atom stereocenters. The average molecular weight is 1520 g/mol. The van der Waals surface area contributed by atoms with Crippen molar-refractivity contribution in [3.8, 4) is 0 Å². The van der Waals surface area contributed by atoms with E-state index in [1.54, 1.807) is 0 Å². The van der Waals surface area contributed by atoms with Crippen LogP contribution in [0.1, 0.15) is 452 Å². The molecule has 3 unspecified atom stereocenters. The molecule has 0 aliphatic carbocycles. The highest BCUT2D eigenvalue weighted by atomic mass is 31.2. The summed E-state index contributed by atoms with van der Waals surface area (Å²) < 4.78 is 68.8. The second-order valence-corrected chi connectivity index (χ2v) is 34.2. The van der Waals surface area contributed by atoms with E-state index in [9.17, 15) is 43.2 Å². The molecule has 0 amide bonds. The summed E-state index contributed by atoms with van der Waals surface area (Å²) in [6.07, 6.45) is 68.2. The van der Waals surface area contributed by atoms with E-state index in [1.807, 2.05) is 0 Å². The number of ether oxygens (including phenoxy) is 4. The third-order valence-corrected chi connectivity index (χ3v) is 22.2. The molecule has 104 heavy (non-hydrogen) atoms. The van der Waals surface area contributed by atoms with Gasteiger partial charge in [-0.2, -0.15) is 0 Å². The van der Waals surface area contributed by atoms with Gasteiger partial charge in [0.2, 0.25) is 0 Å². The second kappa shape index (κ2) is 76.4. The largest absolute Gasteiger partial charge is 0.472 e. The van der Waals surface area contributed by atoms with Crippen LogP contribution in [-0.4, -0.2) is 96.7 Å². The van der Waals surface area contributed by atoms with Gasteiger partial charge < -0.3 is 33.8 Å². The molecule has 0 bridgehead atoms. The molecule has 0 aromatic rings. The van der Waals surface area contributed by atoms with Gasteiger partial charge in [0.15, 0.2) is 12.2 Å². The lowest BCUT2D eigenvalue weighted by atomic mass is 9.99. The Morgan fingerprint density at radius 3 is 0.731 bits per heavy atom. The molecular formula is C85H166O17P2. The third-order valence-electron chi connectivity index (χ3n) is 20.3. The molecule has 0 aromatic heterocycles. The lowest BCUT2D eigenvalue weighted by Gasteiger charge is -2.21. The molecule has 19 heteroatoms. The number of aliphatic hydroxyl groups excluding tert-OH is 1. The van der Waals surface area contributed by atoms with Gasteiger partial charge in [0, 0.05) is 25.7 Å². The summed E-state index contributed by atoms with van der Waals surface area (Å²) in [5.74, 6) is -0.577. The highest BCUT2D eigenvalue weighted by Crippen LogP contribution is 2.45. The van der Waals surface area contributed by atoms with Crippen LogP contribution in [-0.2, 0) is 65.4 Å². The predicted octanol–water partition coefficient (Wildman–Crippen LogP) is 25.8. The second-order valence-electron chi connectivity index (χ2n) is 31.3. The van der Waals surface area contributed by atoms with Crippen LogP contribution in [0, 0.1) is 11.8 Å². The molecular weight excluding hydrogens is 1350 g/mol. The standard InChI is InChI=1S/C85H166O17P2/c1-7-10-12-14-16-18-20-22-24-25-26-27-28-29-30-32-38-42-46-50-58-64-69-84(89)101-80(73-95-82(87)67-61-55-48-44-40-36-34-33-35-39-43-47-54-60-66-78(6)9-3)75-99-103(91,92)97-71-79(86)72-98-104(93,94)100-76-81(74-96-83(88)68-62-56-52-51-53-59-65-77(4)5)102-85(90)70-63-57-49-45-41-37-31-23-21-19-17-15-13-11-8-2/h77-81,86H,7-76H2,1-6H3,(H,91,92)(H,93,94)/t78?,79-,80-,81-/m1/s1. The summed E-state index contributed by atoms with van der Waals surface area (Å²) >= 11 is 0. The summed E-state index contributed by atoms with van der Waals surface area (Å²) in [6.45, 7) is 9.63. The maximum Gasteiger partial charge on any atom is 0.472 e. The lowest BCUT2D eigenvalue weighted by molar-refractivity contribution is -0.161. The Kier molecular flexibility index (Phi) is 75.0. The Morgan fingerprint density at radius 1 is 0.279 bits per heavy atom. The minimum Gasteiger partial charge on any atom is -0.462 e. The number of rotatable bonds is 84. The van der Waals surface area contributed by atoms with Crippen LogP contribution in [0.3, 0.4) is 0 Å². The van der Waals surface area contributed by atoms with Crippen molar-refractivity contribution in [3.05, 3.63) is 0 Å². The fourth-order valence-corrected chi connectivity index (χ4v) is 14.8. The van der Waals surface area contributed by atoms with Crippen molar-refractivity contribution >= 4 is 39.5 Å². The van der Waals surface area contributed by atoms with Gasteiger partial charge in [-0.05, 0) is 37.5 Å².